The molecule has 0 aromatic carbocycles. The molecule has 0 N–H and O–H groups in total. The maximum atomic E-state index is 6.05. The fraction of sp³-hybridized carbons (Fsp3) is 0.667. The van der Waals surface area contributed by atoms with E-state index in [9.17, 15) is 0 Å². The second-order valence-electron chi connectivity index (χ2n) is 6.69. The van der Waals surface area contributed by atoms with Gasteiger partial charge in [-0.05, 0) is 52.7 Å². The number of aromatic nitrogens is 1. The summed E-state index contributed by atoms with van der Waals surface area (Å²) in [6, 6.07) is 3.91. The van der Waals surface area contributed by atoms with Gasteiger partial charge >= 0.3 is 7.12 Å². The number of ether oxygens (including phenoxy) is 1. The van der Waals surface area contributed by atoms with Crippen LogP contribution in [0.3, 0.4) is 0 Å². The van der Waals surface area contributed by atoms with Gasteiger partial charge in [-0.25, -0.2) is 0 Å². The molecule has 1 aliphatic heterocycles. The van der Waals surface area contributed by atoms with Crippen LogP contribution in [0.15, 0.2) is 12.1 Å². The van der Waals surface area contributed by atoms with E-state index in [0.29, 0.717) is 5.92 Å². The third-order valence-corrected chi connectivity index (χ3v) is 4.59. The fourth-order valence-electron chi connectivity index (χ4n) is 2.39. The van der Waals surface area contributed by atoms with E-state index in [1.165, 1.54) is 12.8 Å². The summed E-state index contributed by atoms with van der Waals surface area (Å²) in [5.74, 6) is 1.40. The molecule has 1 saturated heterocycles. The summed E-state index contributed by atoms with van der Waals surface area (Å²) in [6.45, 7) is 8.22. The Hall–Kier alpha value is -1.07. The molecule has 2 aliphatic rings. The molecular weight excluding hydrogens is 253 g/mol. The van der Waals surface area contributed by atoms with Crippen LogP contribution in [0.2, 0.25) is 0 Å². The van der Waals surface area contributed by atoms with E-state index >= 15 is 0 Å². The summed E-state index contributed by atoms with van der Waals surface area (Å²) >= 11 is 0. The van der Waals surface area contributed by atoms with Crippen molar-refractivity contribution < 1.29 is 14.0 Å². The minimum atomic E-state index is -0.400. The average Bonchev–Trinajstić information content (AvgIpc) is 3.17. The summed E-state index contributed by atoms with van der Waals surface area (Å²) in [7, 11) is 1.29. The van der Waals surface area contributed by atoms with Gasteiger partial charge < -0.3 is 14.0 Å². The lowest BCUT2D eigenvalue weighted by molar-refractivity contribution is 0.00578. The predicted octanol–water partition coefficient (Wildman–Crippen LogP) is 2.27. The Morgan fingerprint density at radius 2 is 1.75 bits per heavy atom. The number of methoxy groups -OCH3 is 1. The van der Waals surface area contributed by atoms with Gasteiger partial charge in [-0.15, -0.1) is 0 Å². The molecule has 0 amide bonds. The van der Waals surface area contributed by atoms with Crippen LogP contribution in [0, 0.1) is 0 Å². The fourth-order valence-corrected chi connectivity index (χ4v) is 2.39. The monoisotopic (exact) mass is 275 g/mol. The highest BCUT2D eigenvalue weighted by molar-refractivity contribution is 6.61. The molecule has 0 bridgehead atoms. The normalized spacial score (nSPS) is 23.9. The Morgan fingerprint density at radius 1 is 1.15 bits per heavy atom. The zero-order valence-corrected chi connectivity index (χ0v) is 12.9. The minimum Gasteiger partial charge on any atom is -0.495 e. The Kier molecular flexibility index (Phi) is 3.10. The van der Waals surface area contributed by atoms with Crippen molar-refractivity contribution in [1.29, 1.82) is 0 Å². The van der Waals surface area contributed by atoms with Crippen LogP contribution < -0.4 is 10.3 Å². The molecule has 0 atom stereocenters. The van der Waals surface area contributed by atoms with Crippen molar-refractivity contribution >= 4 is 12.7 Å². The number of nitrogens with zero attached hydrogens (tertiary/aromatic N) is 1. The third-order valence-electron chi connectivity index (χ3n) is 4.59. The Labute approximate surface area is 121 Å². The van der Waals surface area contributed by atoms with E-state index in [2.05, 4.69) is 27.7 Å². The maximum Gasteiger partial charge on any atom is 0.514 e. The van der Waals surface area contributed by atoms with Gasteiger partial charge in [0.05, 0.1) is 29.6 Å². The minimum absolute atomic E-state index is 0.334. The summed E-state index contributed by atoms with van der Waals surface area (Å²) in [6.07, 6.45) is 2.38. The van der Waals surface area contributed by atoms with Gasteiger partial charge in [0.1, 0.15) is 5.75 Å². The summed E-state index contributed by atoms with van der Waals surface area (Å²) in [5, 5.41) is 0. The highest BCUT2D eigenvalue weighted by Gasteiger charge is 2.52. The zero-order valence-electron chi connectivity index (χ0n) is 12.9. The van der Waals surface area contributed by atoms with Gasteiger partial charge in [0.25, 0.3) is 0 Å². The van der Waals surface area contributed by atoms with Crippen LogP contribution in [0.5, 0.6) is 5.75 Å². The topological polar surface area (TPSA) is 40.6 Å². The molecule has 2 fully saturated rings. The van der Waals surface area contributed by atoms with Crippen molar-refractivity contribution in [1.82, 2.24) is 4.98 Å². The van der Waals surface area contributed by atoms with Gasteiger partial charge in [-0.2, -0.15) is 0 Å². The lowest BCUT2D eigenvalue weighted by Gasteiger charge is -2.32. The molecule has 20 heavy (non-hydrogen) atoms. The number of rotatable bonds is 3. The van der Waals surface area contributed by atoms with Crippen molar-refractivity contribution in [2.75, 3.05) is 7.11 Å². The molecule has 5 heteroatoms. The first-order valence-electron chi connectivity index (χ1n) is 7.24. The van der Waals surface area contributed by atoms with Crippen LogP contribution in [0.25, 0.3) is 0 Å². The van der Waals surface area contributed by atoms with Crippen molar-refractivity contribution in [3.05, 3.63) is 17.8 Å². The van der Waals surface area contributed by atoms with E-state index in [-0.39, 0.29) is 11.2 Å². The van der Waals surface area contributed by atoms with E-state index in [1.807, 2.05) is 12.1 Å². The second-order valence-corrected chi connectivity index (χ2v) is 6.69. The molecule has 0 unspecified atom stereocenters. The van der Waals surface area contributed by atoms with Crippen molar-refractivity contribution in [2.45, 2.75) is 57.7 Å². The Morgan fingerprint density at radius 3 is 2.25 bits per heavy atom. The van der Waals surface area contributed by atoms with E-state index in [4.69, 9.17) is 19.0 Å². The Bertz CT molecular complexity index is 510. The predicted molar refractivity (Wildman–Crippen MR) is 78.5 cm³/mol. The molecule has 3 rings (SSSR count). The first-order chi connectivity index (χ1) is 9.34. The van der Waals surface area contributed by atoms with Crippen molar-refractivity contribution in [2.24, 2.45) is 0 Å². The quantitative estimate of drug-likeness (QED) is 0.793. The first kappa shape index (κ1) is 13.9. The molecule has 1 aromatic heterocycles. The largest absolute Gasteiger partial charge is 0.514 e. The van der Waals surface area contributed by atoms with Crippen molar-refractivity contribution in [3.8, 4) is 5.75 Å². The van der Waals surface area contributed by atoms with Crippen LogP contribution in [-0.2, 0) is 9.31 Å². The van der Waals surface area contributed by atoms with E-state index in [0.717, 1.165) is 17.0 Å². The molecule has 4 nitrogen and oxygen atoms in total. The maximum absolute atomic E-state index is 6.05. The summed E-state index contributed by atoms with van der Waals surface area (Å²) in [4.78, 5) is 4.74. The summed E-state index contributed by atoms with van der Waals surface area (Å²) in [5.41, 5.74) is 1.21. The SMILES string of the molecule is COc1ccc(B2OC(C)(C)C(C)(C)O2)nc1C1CC1. The lowest BCUT2D eigenvalue weighted by atomic mass is 9.84. The molecule has 1 saturated carbocycles. The molecule has 0 spiro atoms. The smallest absolute Gasteiger partial charge is 0.495 e. The average molecular weight is 275 g/mol. The van der Waals surface area contributed by atoms with E-state index < -0.39 is 7.12 Å². The summed E-state index contributed by atoms with van der Waals surface area (Å²) < 4.78 is 17.5. The molecular formula is C15H22BNO3. The molecule has 108 valence electrons. The van der Waals surface area contributed by atoms with Crippen LogP contribution in [0.1, 0.15) is 52.1 Å². The Balaban J connectivity index is 1.90. The zero-order chi connectivity index (χ0) is 14.5. The van der Waals surface area contributed by atoms with Crippen LogP contribution >= 0.6 is 0 Å². The van der Waals surface area contributed by atoms with Crippen LogP contribution in [0.4, 0.5) is 0 Å². The molecule has 1 aliphatic carbocycles. The van der Waals surface area contributed by atoms with E-state index in [1.54, 1.807) is 7.11 Å². The molecule has 0 radical (unpaired) electrons. The molecule has 2 heterocycles. The van der Waals surface area contributed by atoms with Gasteiger partial charge in [0.2, 0.25) is 0 Å². The number of pyridine rings is 1. The highest BCUT2D eigenvalue weighted by Crippen LogP contribution is 2.43. The van der Waals surface area contributed by atoms with Gasteiger partial charge in [-0.1, -0.05) is 0 Å². The second kappa shape index (κ2) is 4.47. The number of hydrogen-bond acceptors (Lipinski definition) is 4. The standard InChI is InChI=1S/C15H22BNO3/c1-14(2)15(3,4)20-16(19-14)12-9-8-11(18-5)13(17-12)10-6-7-10/h8-10H,6-7H2,1-5H3. The number of hydrogen-bond donors (Lipinski definition) is 0. The third kappa shape index (κ3) is 2.23. The van der Waals surface area contributed by atoms with Gasteiger partial charge in [0.15, 0.2) is 0 Å². The van der Waals surface area contributed by atoms with Gasteiger partial charge in [-0.3, -0.25) is 4.98 Å². The van der Waals surface area contributed by atoms with Crippen LogP contribution in [-0.4, -0.2) is 30.4 Å². The molecule has 1 aromatic rings. The first-order valence-corrected chi connectivity index (χ1v) is 7.24. The van der Waals surface area contributed by atoms with Gasteiger partial charge in [0, 0.05) is 5.92 Å². The lowest BCUT2D eigenvalue weighted by Crippen LogP contribution is -2.41. The van der Waals surface area contributed by atoms with Crippen molar-refractivity contribution in [3.63, 3.8) is 0 Å². The highest BCUT2D eigenvalue weighted by atomic mass is 16.7.